The van der Waals surface area contributed by atoms with Crippen LogP contribution in [-0.4, -0.2) is 41.5 Å². The van der Waals surface area contributed by atoms with Crippen LogP contribution in [0.2, 0.25) is 25.7 Å². The normalized spacial score (nSPS) is 12.0. The van der Waals surface area contributed by atoms with Gasteiger partial charge in [-0.1, -0.05) is 31.0 Å². The molecule has 3 aromatic rings. The number of nitrogens with zero attached hydrogens (tertiary/aromatic N) is 4. The van der Waals surface area contributed by atoms with Crippen LogP contribution < -0.4 is 5.32 Å². The lowest BCUT2D eigenvalue weighted by Crippen LogP contribution is -2.22. The number of aryl methyl sites for hydroxylation is 1. The third-order valence-electron chi connectivity index (χ3n) is 4.02. The first-order valence-corrected chi connectivity index (χ1v) is 13.0. The second kappa shape index (κ2) is 7.23. The van der Waals surface area contributed by atoms with Gasteiger partial charge in [0.05, 0.1) is 11.3 Å². The van der Waals surface area contributed by atoms with Crippen molar-refractivity contribution >= 4 is 36.1 Å². The Hall–Kier alpha value is -1.77. The molecule has 134 valence electrons. The van der Waals surface area contributed by atoms with E-state index in [0.717, 1.165) is 38.9 Å². The summed E-state index contributed by atoms with van der Waals surface area (Å²) in [6.07, 6.45) is 3.90. The lowest BCUT2D eigenvalue weighted by atomic mass is 10.2. The number of hydrogen-bond acceptors (Lipinski definition) is 6. The molecule has 8 heteroatoms. The molecule has 0 spiro atoms. The van der Waals surface area contributed by atoms with Gasteiger partial charge in [0.2, 0.25) is 0 Å². The van der Waals surface area contributed by atoms with Gasteiger partial charge in [-0.15, -0.1) is 10.2 Å². The summed E-state index contributed by atoms with van der Waals surface area (Å²) in [5.41, 5.74) is 2.93. The molecule has 0 aliphatic heterocycles. The molecule has 0 aromatic carbocycles. The van der Waals surface area contributed by atoms with E-state index in [2.05, 4.69) is 50.8 Å². The van der Waals surface area contributed by atoms with Gasteiger partial charge in [0, 0.05) is 39.5 Å². The van der Waals surface area contributed by atoms with Crippen molar-refractivity contribution in [3.63, 3.8) is 0 Å². The third kappa shape index (κ3) is 4.08. The van der Waals surface area contributed by atoms with Crippen LogP contribution in [0.3, 0.4) is 0 Å². The smallest absolute Gasteiger partial charge is 0.151 e. The van der Waals surface area contributed by atoms with E-state index in [0.29, 0.717) is 6.73 Å². The summed E-state index contributed by atoms with van der Waals surface area (Å²) in [5.74, 6) is 0. The minimum absolute atomic E-state index is 0.529. The summed E-state index contributed by atoms with van der Waals surface area (Å²) < 4.78 is 7.92. The highest BCUT2D eigenvalue weighted by Crippen LogP contribution is 2.35. The fourth-order valence-corrected chi connectivity index (χ4v) is 4.09. The second-order valence-corrected chi connectivity index (χ2v) is 14.1. The topological polar surface area (TPSA) is 64.9 Å². The third-order valence-corrected chi connectivity index (χ3v) is 6.60. The Kier molecular flexibility index (Phi) is 5.21. The Morgan fingerprint density at radius 3 is 2.72 bits per heavy atom. The maximum Gasteiger partial charge on any atom is 0.151 e. The molecular weight excluding hydrogens is 350 g/mol. The van der Waals surface area contributed by atoms with E-state index in [1.807, 2.05) is 26.4 Å². The van der Waals surface area contributed by atoms with Crippen molar-refractivity contribution < 1.29 is 4.74 Å². The summed E-state index contributed by atoms with van der Waals surface area (Å²) in [6.45, 7) is 10.4. The average molecular weight is 376 g/mol. The number of nitrogens with one attached hydrogen (secondary N) is 1. The number of anilines is 1. The van der Waals surface area contributed by atoms with Crippen molar-refractivity contribution in [3.8, 4) is 10.6 Å². The minimum atomic E-state index is -1.06. The molecule has 0 aliphatic carbocycles. The second-order valence-electron chi connectivity index (χ2n) is 7.29. The summed E-state index contributed by atoms with van der Waals surface area (Å²) in [7, 11) is 0.862. The van der Waals surface area contributed by atoms with Crippen LogP contribution in [0.25, 0.3) is 21.6 Å². The standard InChI is InChI=1S/C17H25N5OSSi/c1-12-20-21-17(24-12)14-10-19-16-13(15(14)18-2)6-7-22(16)11-23-8-9-25(3,4)5/h6-7,10H,8-9,11H2,1-5H3,(H,18,19). The highest BCUT2D eigenvalue weighted by molar-refractivity contribution is 7.14. The number of aromatic nitrogens is 4. The molecule has 0 aliphatic rings. The van der Waals surface area contributed by atoms with Gasteiger partial charge >= 0.3 is 0 Å². The molecule has 3 heterocycles. The Morgan fingerprint density at radius 2 is 2.08 bits per heavy atom. The van der Waals surface area contributed by atoms with Gasteiger partial charge in [0.15, 0.2) is 5.01 Å². The van der Waals surface area contributed by atoms with Crippen molar-refractivity contribution in [2.45, 2.75) is 39.3 Å². The molecule has 25 heavy (non-hydrogen) atoms. The maximum absolute atomic E-state index is 5.87. The number of pyridine rings is 1. The minimum Gasteiger partial charge on any atom is -0.387 e. The predicted molar refractivity (Wildman–Crippen MR) is 107 cm³/mol. The van der Waals surface area contributed by atoms with Crippen LogP contribution in [0.1, 0.15) is 5.01 Å². The van der Waals surface area contributed by atoms with E-state index in [4.69, 9.17) is 4.74 Å². The molecule has 0 fully saturated rings. The monoisotopic (exact) mass is 375 g/mol. The number of ether oxygens (including phenoxy) is 1. The summed E-state index contributed by atoms with van der Waals surface area (Å²) in [6, 6.07) is 3.25. The molecule has 3 rings (SSSR count). The lowest BCUT2D eigenvalue weighted by Gasteiger charge is -2.15. The number of rotatable bonds is 7. The first-order chi connectivity index (χ1) is 11.9. The van der Waals surface area contributed by atoms with Gasteiger partial charge in [-0.3, -0.25) is 0 Å². The molecule has 0 amide bonds. The molecule has 3 aromatic heterocycles. The zero-order chi connectivity index (χ0) is 18.0. The van der Waals surface area contributed by atoms with Crippen molar-refractivity contribution in [3.05, 3.63) is 23.5 Å². The predicted octanol–water partition coefficient (Wildman–Crippen LogP) is 4.22. The van der Waals surface area contributed by atoms with Gasteiger partial charge in [0.25, 0.3) is 0 Å². The molecule has 0 unspecified atom stereocenters. The number of hydrogen-bond donors (Lipinski definition) is 1. The Labute approximate surface area is 153 Å². The first kappa shape index (κ1) is 18.0. The quantitative estimate of drug-likeness (QED) is 0.495. The van der Waals surface area contributed by atoms with Gasteiger partial charge < -0.3 is 14.6 Å². The maximum atomic E-state index is 5.87. The van der Waals surface area contributed by atoms with E-state index in [9.17, 15) is 0 Å². The van der Waals surface area contributed by atoms with E-state index >= 15 is 0 Å². The molecule has 6 nitrogen and oxygen atoms in total. The fraction of sp³-hybridized carbons (Fsp3) is 0.471. The van der Waals surface area contributed by atoms with Crippen molar-refractivity contribution in [1.82, 2.24) is 19.7 Å². The average Bonchev–Trinajstić information content (AvgIpc) is 3.16. The Bertz CT molecular complexity index is 868. The molecule has 0 atom stereocenters. The SMILES string of the molecule is CNc1c(-c2nnc(C)s2)cnc2c1ccn2COCC[Si](C)(C)C. The molecule has 0 radical (unpaired) electrons. The van der Waals surface area contributed by atoms with Crippen LogP contribution in [0.15, 0.2) is 18.5 Å². The van der Waals surface area contributed by atoms with E-state index in [1.165, 1.54) is 6.04 Å². The van der Waals surface area contributed by atoms with Crippen LogP contribution in [0.4, 0.5) is 5.69 Å². The Morgan fingerprint density at radius 1 is 1.28 bits per heavy atom. The summed E-state index contributed by atoms with van der Waals surface area (Å²) in [5, 5.41) is 14.6. The van der Waals surface area contributed by atoms with Gasteiger partial charge in [-0.25, -0.2) is 4.98 Å². The van der Waals surface area contributed by atoms with Gasteiger partial charge in [0.1, 0.15) is 17.4 Å². The first-order valence-electron chi connectivity index (χ1n) is 8.43. The highest BCUT2D eigenvalue weighted by Gasteiger charge is 2.16. The molecule has 0 saturated heterocycles. The van der Waals surface area contributed by atoms with Gasteiger partial charge in [-0.2, -0.15) is 0 Å². The van der Waals surface area contributed by atoms with Crippen LogP contribution in [0, 0.1) is 6.92 Å². The lowest BCUT2D eigenvalue weighted by molar-refractivity contribution is 0.0899. The molecule has 0 saturated carbocycles. The molecular formula is C17H25N5OSSi. The molecule has 0 bridgehead atoms. The van der Waals surface area contributed by atoms with Crippen molar-refractivity contribution in [2.75, 3.05) is 19.0 Å². The highest BCUT2D eigenvalue weighted by atomic mass is 32.1. The van der Waals surface area contributed by atoms with Crippen molar-refractivity contribution in [2.24, 2.45) is 0 Å². The van der Waals surface area contributed by atoms with Crippen LogP contribution >= 0.6 is 11.3 Å². The summed E-state index contributed by atoms with van der Waals surface area (Å²) in [4.78, 5) is 4.65. The van der Waals surface area contributed by atoms with E-state index in [-0.39, 0.29) is 0 Å². The zero-order valence-electron chi connectivity index (χ0n) is 15.5. The Balaban J connectivity index is 1.84. The van der Waals surface area contributed by atoms with Gasteiger partial charge in [-0.05, 0) is 19.0 Å². The number of fused-ring (bicyclic) bond motifs is 1. The van der Waals surface area contributed by atoms with Crippen molar-refractivity contribution in [1.29, 1.82) is 0 Å². The van der Waals surface area contributed by atoms with Crippen LogP contribution in [-0.2, 0) is 11.5 Å². The molecule has 1 N–H and O–H groups in total. The fourth-order valence-electron chi connectivity index (χ4n) is 2.62. The largest absolute Gasteiger partial charge is 0.387 e. The van der Waals surface area contributed by atoms with E-state index in [1.54, 1.807) is 11.3 Å². The zero-order valence-corrected chi connectivity index (χ0v) is 17.3. The van der Waals surface area contributed by atoms with E-state index < -0.39 is 8.07 Å². The summed E-state index contributed by atoms with van der Waals surface area (Å²) >= 11 is 1.57. The van der Waals surface area contributed by atoms with Crippen LogP contribution in [0.5, 0.6) is 0 Å².